The van der Waals surface area contributed by atoms with Crippen molar-refractivity contribution in [3.63, 3.8) is 0 Å². The maximum Gasteiger partial charge on any atom is 0.266 e. The lowest BCUT2D eigenvalue weighted by atomic mass is 10.1. The average molecular weight is 254 g/mol. The molecule has 0 aliphatic rings. The fourth-order valence-corrected chi connectivity index (χ4v) is 1.80. The molecule has 1 aromatic heterocycles. The van der Waals surface area contributed by atoms with Gasteiger partial charge in [-0.3, -0.25) is 4.79 Å². The van der Waals surface area contributed by atoms with E-state index in [4.69, 9.17) is 10.00 Å². The summed E-state index contributed by atoms with van der Waals surface area (Å²) in [5, 5.41) is 8.72. The molecule has 2 rings (SSSR count). The highest BCUT2D eigenvalue weighted by molar-refractivity contribution is 5.59. The van der Waals surface area contributed by atoms with Gasteiger partial charge in [0, 0.05) is 12.8 Å². The van der Waals surface area contributed by atoms with Gasteiger partial charge in [0.25, 0.3) is 5.56 Å². The summed E-state index contributed by atoms with van der Waals surface area (Å²) < 4.78 is 5.02. The molecule has 1 N–H and O–H groups in total. The molecule has 19 heavy (non-hydrogen) atoms. The van der Waals surface area contributed by atoms with Gasteiger partial charge in [-0.2, -0.15) is 5.26 Å². The van der Waals surface area contributed by atoms with Crippen LogP contribution in [0.25, 0.3) is 11.3 Å². The molecule has 0 spiro atoms. The predicted octanol–water partition coefficient (Wildman–Crippen LogP) is 2.10. The molecule has 0 saturated heterocycles. The van der Waals surface area contributed by atoms with E-state index in [1.54, 1.807) is 13.2 Å². The number of ether oxygens (including phenoxy) is 1. The van der Waals surface area contributed by atoms with Crippen LogP contribution in [-0.2, 0) is 11.2 Å². The van der Waals surface area contributed by atoms with Gasteiger partial charge in [-0.05, 0) is 29.7 Å². The third-order valence-electron chi connectivity index (χ3n) is 2.89. The quantitative estimate of drug-likeness (QED) is 0.908. The Bertz CT molecular complexity index is 651. The third kappa shape index (κ3) is 3.09. The first-order valence-electron chi connectivity index (χ1n) is 5.96. The molecule has 0 saturated carbocycles. The minimum atomic E-state index is -0.358. The molecule has 2 aromatic rings. The van der Waals surface area contributed by atoms with Gasteiger partial charge in [0.05, 0.1) is 6.61 Å². The van der Waals surface area contributed by atoms with E-state index in [9.17, 15) is 4.79 Å². The number of nitrogens with zero attached hydrogens (tertiary/aromatic N) is 1. The number of benzene rings is 1. The number of nitrogens with one attached hydrogen (secondary N) is 1. The number of aromatic nitrogens is 1. The largest absolute Gasteiger partial charge is 0.384 e. The van der Waals surface area contributed by atoms with Gasteiger partial charge in [-0.15, -0.1) is 0 Å². The van der Waals surface area contributed by atoms with Crippen LogP contribution in [0.3, 0.4) is 0 Å². The number of pyridine rings is 1. The van der Waals surface area contributed by atoms with Gasteiger partial charge < -0.3 is 9.72 Å². The Labute approximate surface area is 111 Å². The van der Waals surface area contributed by atoms with E-state index in [2.05, 4.69) is 4.98 Å². The van der Waals surface area contributed by atoms with Crippen LogP contribution in [-0.4, -0.2) is 18.7 Å². The molecule has 0 aliphatic carbocycles. The topological polar surface area (TPSA) is 65.9 Å². The second-order valence-electron chi connectivity index (χ2n) is 4.17. The van der Waals surface area contributed by atoms with Gasteiger partial charge in [0.15, 0.2) is 0 Å². The number of methoxy groups -OCH3 is 1. The second kappa shape index (κ2) is 5.98. The lowest BCUT2D eigenvalue weighted by Crippen LogP contribution is -2.10. The smallest absolute Gasteiger partial charge is 0.266 e. The standard InChI is InChI=1S/C15H14N2O2/c1-19-9-8-11-2-4-12(5-3-11)14-7-6-13(10-16)15(18)17-14/h2-7H,8-9H2,1H3,(H,17,18). The average Bonchev–Trinajstić information content (AvgIpc) is 2.45. The summed E-state index contributed by atoms with van der Waals surface area (Å²) in [6.45, 7) is 0.688. The van der Waals surface area contributed by atoms with Gasteiger partial charge in [-0.25, -0.2) is 0 Å². The Hall–Kier alpha value is -2.38. The van der Waals surface area contributed by atoms with E-state index in [1.807, 2.05) is 30.3 Å². The zero-order chi connectivity index (χ0) is 13.7. The monoisotopic (exact) mass is 254 g/mol. The maximum atomic E-state index is 11.6. The van der Waals surface area contributed by atoms with Crippen LogP contribution in [0.1, 0.15) is 11.1 Å². The zero-order valence-electron chi connectivity index (χ0n) is 10.6. The highest BCUT2D eigenvalue weighted by Gasteiger charge is 2.02. The van der Waals surface area contributed by atoms with Crippen molar-refractivity contribution >= 4 is 0 Å². The van der Waals surface area contributed by atoms with Crippen molar-refractivity contribution in [3.05, 3.63) is 57.9 Å². The molecule has 0 aliphatic heterocycles. The normalized spacial score (nSPS) is 10.1. The van der Waals surface area contributed by atoms with Crippen LogP contribution < -0.4 is 5.56 Å². The first-order chi connectivity index (χ1) is 9.24. The molecule has 96 valence electrons. The van der Waals surface area contributed by atoms with Crippen LogP contribution in [0.15, 0.2) is 41.2 Å². The van der Waals surface area contributed by atoms with E-state index in [0.717, 1.165) is 12.0 Å². The van der Waals surface area contributed by atoms with E-state index >= 15 is 0 Å². The molecule has 0 amide bonds. The molecule has 4 heteroatoms. The van der Waals surface area contributed by atoms with E-state index in [0.29, 0.717) is 12.3 Å². The summed E-state index contributed by atoms with van der Waals surface area (Å²) in [5.74, 6) is 0. The van der Waals surface area contributed by atoms with Gasteiger partial charge >= 0.3 is 0 Å². The van der Waals surface area contributed by atoms with Crippen molar-refractivity contribution in [2.45, 2.75) is 6.42 Å². The number of hydrogen-bond donors (Lipinski definition) is 1. The molecular formula is C15H14N2O2. The Kier molecular flexibility index (Phi) is 4.11. The highest BCUT2D eigenvalue weighted by atomic mass is 16.5. The van der Waals surface area contributed by atoms with Crippen molar-refractivity contribution in [1.29, 1.82) is 5.26 Å². The minimum Gasteiger partial charge on any atom is -0.384 e. The number of H-pyrrole nitrogens is 1. The van der Waals surface area contributed by atoms with E-state index < -0.39 is 0 Å². The summed E-state index contributed by atoms with van der Waals surface area (Å²) >= 11 is 0. The van der Waals surface area contributed by atoms with Crippen molar-refractivity contribution in [1.82, 2.24) is 4.98 Å². The summed E-state index contributed by atoms with van der Waals surface area (Å²) in [6, 6.07) is 13.0. The molecule has 1 heterocycles. The van der Waals surface area contributed by atoms with Gasteiger partial charge in [0.1, 0.15) is 11.6 Å². The number of nitriles is 1. The van der Waals surface area contributed by atoms with Crippen molar-refractivity contribution < 1.29 is 4.74 Å². The Morgan fingerprint density at radius 3 is 2.53 bits per heavy atom. The molecular weight excluding hydrogens is 240 g/mol. The molecule has 0 radical (unpaired) electrons. The van der Waals surface area contributed by atoms with Crippen LogP contribution in [0.2, 0.25) is 0 Å². The van der Waals surface area contributed by atoms with E-state index in [-0.39, 0.29) is 11.1 Å². The van der Waals surface area contributed by atoms with Crippen molar-refractivity contribution in [2.75, 3.05) is 13.7 Å². The molecule has 0 fully saturated rings. The lowest BCUT2D eigenvalue weighted by molar-refractivity contribution is 0.202. The highest BCUT2D eigenvalue weighted by Crippen LogP contribution is 2.16. The van der Waals surface area contributed by atoms with Crippen LogP contribution in [0.4, 0.5) is 0 Å². The molecule has 0 atom stereocenters. The first-order valence-corrected chi connectivity index (χ1v) is 5.96. The molecule has 4 nitrogen and oxygen atoms in total. The molecule has 0 bridgehead atoms. The number of aromatic amines is 1. The summed E-state index contributed by atoms with van der Waals surface area (Å²) in [5.41, 5.74) is 2.58. The predicted molar refractivity (Wildman–Crippen MR) is 72.8 cm³/mol. The van der Waals surface area contributed by atoms with Gasteiger partial charge in [0.2, 0.25) is 0 Å². The second-order valence-corrected chi connectivity index (χ2v) is 4.17. The van der Waals surface area contributed by atoms with E-state index in [1.165, 1.54) is 11.6 Å². The summed E-state index contributed by atoms with van der Waals surface area (Å²) in [6.07, 6.45) is 0.862. The maximum absolute atomic E-state index is 11.6. The Balaban J connectivity index is 2.25. The number of rotatable bonds is 4. The number of hydrogen-bond acceptors (Lipinski definition) is 3. The third-order valence-corrected chi connectivity index (χ3v) is 2.89. The molecule has 1 aromatic carbocycles. The lowest BCUT2D eigenvalue weighted by Gasteiger charge is -2.04. The Morgan fingerprint density at radius 1 is 1.21 bits per heavy atom. The minimum absolute atomic E-state index is 0.125. The van der Waals surface area contributed by atoms with Crippen molar-refractivity contribution in [3.8, 4) is 17.3 Å². The van der Waals surface area contributed by atoms with Crippen molar-refractivity contribution in [2.24, 2.45) is 0 Å². The zero-order valence-corrected chi connectivity index (χ0v) is 10.6. The van der Waals surface area contributed by atoms with Crippen LogP contribution in [0, 0.1) is 11.3 Å². The SMILES string of the molecule is COCCc1ccc(-c2ccc(C#N)c(=O)[nH]2)cc1. The Morgan fingerprint density at radius 2 is 1.95 bits per heavy atom. The summed E-state index contributed by atoms with van der Waals surface area (Å²) in [7, 11) is 1.68. The summed E-state index contributed by atoms with van der Waals surface area (Å²) in [4.78, 5) is 14.3. The van der Waals surface area contributed by atoms with Crippen LogP contribution in [0.5, 0.6) is 0 Å². The molecule has 0 unspecified atom stereocenters. The fourth-order valence-electron chi connectivity index (χ4n) is 1.80. The van der Waals surface area contributed by atoms with Crippen LogP contribution >= 0.6 is 0 Å². The fraction of sp³-hybridized carbons (Fsp3) is 0.200. The van der Waals surface area contributed by atoms with Gasteiger partial charge in [-0.1, -0.05) is 24.3 Å². The first kappa shape index (κ1) is 13.1.